The van der Waals surface area contributed by atoms with Crippen LogP contribution in [0.4, 0.5) is 0 Å². The van der Waals surface area contributed by atoms with E-state index in [0.717, 1.165) is 16.7 Å². The van der Waals surface area contributed by atoms with Gasteiger partial charge in [-0.05, 0) is 65.7 Å². The largest absolute Gasteiger partial charge is 0.457 e. The molecule has 0 aromatic heterocycles. The number of benzene rings is 4. The monoisotopic (exact) mass is 506 g/mol. The lowest BCUT2D eigenvalue weighted by molar-refractivity contribution is 0.0442. The van der Waals surface area contributed by atoms with Crippen molar-refractivity contribution in [2.75, 3.05) is 0 Å². The molecule has 4 aromatic carbocycles. The van der Waals surface area contributed by atoms with Gasteiger partial charge in [-0.15, -0.1) is 0 Å². The zero-order valence-electron chi connectivity index (χ0n) is 20.6. The normalized spacial score (nSPS) is 14.0. The summed E-state index contributed by atoms with van der Waals surface area (Å²) in [6.45, 7) is 4.57. The third kappa shape index (κ3) is 4.18. The number of cyclic esters (lactones) is 3. The Morgan fingerprint density at radius 2 is 1.08 bits per heavy atom. The predicted octanol–water partition coefficient (Wildman–Crippen LogP) is 6.58. The zero-order chi connectivity index (χ0) is 26.4. The van der Waals surface area contributed by atoms with Crippen LogP contribution in [0.25, 0.3) is 0 Å². The molecule has 2 aliphatic rings. The van der Waals surface area contributed by atoms with E-state index in [9.17, 15) is 14.4 Å². The molecule has 0 saturated carbocycles. The van der Waals surface area contributed by atoms with Gasteiger partial charge in [0.15, 0.2) is 0 Å². The number of carbonyl (C=O) groups is 3. The summed E-state index contributed by atoms with van der Waals surface area (Å²) in [4.78, 5) is 35.3. The lowest BCUT2D eigenvalue weighted by atomic mass is 9.78. The molecule has 0 unspecified atom stereocenters. The fourth-order valence-corrected chi connectivity index (χ4v) is 4.60. The van der Waals surface area contributed by atoms with E-state index in [1.807, 2.05) is 60.7 Å². The molecule has 2 aliphatic heterocycles. The molecule has 0 atom stereocenters. The van der Waals surface area contributed by atoms with Gasteiger partial charge in [0, 0.05) is 11.0 Å². The summed E-state index contributed by atoms with van der Waals surface area (Å²) in [7, 11) is 0. The summed E-state index contributed by atoms with van der Waals surface area (Å²) in [5.41, 5.74) is 3.73. The Morgan fingerprint density at radius 1 is 0.579 bits per heavy atom. The van der Waals surface area contributed by atoms with Gasteiger partial charge in [0.25, 0.3) is 0 Å². The highest BCUT2D eigenvalue weighted by Crippen LogP contribution is 2.35. The van der Waals surface area contributed by atoms with Crippen molar-refractivity contribution in [3.05, 3.63) is 118 Å². The van der Waals surface area contributed by atoms with Crippen molar-refractivity contribution in [3.8, 4) is 23.0 Å². The highest BCUT2D eigenvalue weighted by molar-refractivity contribution is 6.14. The minimum absolute atomic E-state index is 0.205. The molecular weight excluding hydrogens is 484 g/mol. The number of hydrogen-bond acceptors (Lipinski definition) is 7. The predicted molar refractivity (Wildman–Crippen MR) is 137 cm³/mol. The van der Waals surface area contributed by atoms with E-state index < -0.39 is 11.9 Å². The van der Waals surface area contributed by atoms with Crippen LogP contribution in [0.1, 0.15) is 61.6 Å². The Labute approximate surface area is 218 Å². The third-order valence-electron chi connectivity index (χ3n) is 6.90. The molecule has 7 heteroatoms. The third-order valence-corrected chi connectivity index (χ3v) is 6.90. The minimum atomic E-state index is -0.666. The van der Waals surface area contributed by atoms with Gasteiger partial charge >= 0.3 is 17.9 Å². The Kier molecular flexibility index (Phi) is 5.49. The van der Waals surface area contributed by atoms with Crippen LogP contribution in [-0.2, 0) is 21.5 Å². The number of fused-ring (bicyclic) bond motifs is 2. The maximum absolute atomic E-state index is 11.8. The maximum atomic E-state index is 11.8. The Bertz CT molecular complexity index is 1600. The van der Waals surface area contributed by atoms with Crippen molar-refractivity contribution < 1.29 is 33.3 Å². The van der Waals surface area contributed by atoms with E-state index in [1.165, 1.54) is 12.1 Å². The summed E-state index contributed by atoms with van der Waals surface area (Å²) in [6.07, 6.45) is 0. The molecule has 0 amide bonds. The van der Waals surface area contributed by atoms with Gasteiger partial charge in [-0.25, -0.2) is 14.4 Å². The van der Waals surface area contributed by atoms with Crippen molar-refractivity contribution in [1.82, 2.24) is 0 Å². The second kappa shape index (κ2) is 8.88. The van der Waals surface area contributed by atoms with Crippen molar-refractivity contribution in [1.29, 1.82) is 0 Å². The molecule has 0 N–H and O–H groups in total. The van der Waals surface area contributed by atoms with Crippen LogP contribution in [0, 0.1) is 0 Å². The van der Waals surface area contributed by atoms with Crippen LogP contribution in [0.2, 0.25) is 0 Å². The van der Waals surface area contributed by atoms with Crippen LogP contribution in [0.15, 0.2) is 84.9 Å². The number of esters is 3. The van der Waals surface area contributed by atoms with Crippen molar-refractivity contribution in [2.45, 2.75) is 25.9 Å². The summed E-state index contributed by atoms with van der Waals surface area (Å²) in [6, 6.07) is 25.6. The van der Waals surface area contributed by atoms with E-state index in [4.69, 9.17) is 14.2 Å². The number of rotatable bonds is 6. The van der Waals surface area contributed by atoms with Gasteiger partial charge in [0.1, 0.15) is 29.6 Å². The van der Waals surface area contributed by atoms with Crippen molar-refractivity contribution in [2.24, 2.45) is 0 Å². The van der Waals surface area contributed by atoms with Gasteiger partial charge in [-0.3, -0.25) is 0 Å². The average Bonchev–Trinajstić information content (AvgIpc) is 3.42. The van der Waals surface area contributed by atoms with Gasteiger partial charge in [0.05, 0.1) is 16.7 Å². The highest BCUT2D eigenvalue weighted by Gasteiger charge is 2.30. The molecular formula is C31H22O7. The molecule has 0 aliphatic carbocycles. The second-order valence-corrected chi connectivity index (χ2v) is 9.66. The second-order valence-electron chi connectivity index (χ2n) is 9.66. The minimum Gasteiger partial charge on any atom is -0.457 e. The molecule has 0 bridgehead atoms. The van der Waals surface area contributed by atoms with Gasteiger partial charge in [0.2, 0.25) is 0 Å². The lowest BCUT2D eigenvalue weighted by Gasteiger charge is -2.26. The first kappa shape index (κ1) is 23.5. The zero-order valence-corrected chi connectivity index (χ0v) is 20.6. The van der Waals surface area contributed by atoms with Crippen molar-refractivity contribution in [3.63, 3.8) is 0 Å². The number of ether oxygens (including phenoxy) is 4. The molecule has 0 saturated heterocycles. The fraction of sp³-hybridized carbons (Fsp3) is 0.129. The molecule has 0 spiro atoms. The standard InChI is InChI=1S/C31H22O7/c1-31(2,19-4-9-21(10-5-19)36-23-8-3-18-17-35-28(32)26(18)15-23)20-6-11-22(12-7-20)37-24-13-14-25-27(16-24)30(34)38-29(25)33/h3-16H,17H2,1-2H3. The first-order valence-corrected chi connectivity index (χ1v) is 12.1. The Hall–Kier alpha value is -4.91. The molecule has 0 radical (unpaired) electrons. The van der Waals surface area contributed by atoms with E-state index in [1.54, 1.807) is 12.1 Å². The first-order valence-electron chi connectivity index (χ1n) is 12.1. The smallest absolute Gasteiger partial charge is 0.347 e. The Morgan fingerprint density at radius 3 is 1.68 bits per heavy atom. The molecule has 188 valence electrons. The first-order chi connectivity index (χ1) is 18.3. The van der Waals surface area contributed by atoms with Crippen LogP contribution < -0.4 is 9.47 Å². The molecule has 4 aromatic rings. The molecule has 2 heterocycles. The molecule has 0 fully saturated rings. The van der Waals surface area contributed by atoms with Crippen LogP contribution in [0.5, 0.6) is 23.0 Å². The summed E-state index contributed by atoms with van der Waals surface area (Å²) < 4.78 is 21.6. The highest BCUT2D eigenvalue weighted by atomic mass is 16.6. The number of hydrogen-bond donors (Lipinski definition) is 0. The van der Waals surface area contributed by atoms with E-state index >= 15 is 0 Å². The average molecular weight is 507 g/mol. The lowest BCUT2D eigenvalue weighted by Crippen LogP contribution is -2.18. The van der Waals surface area contributed by atoms with E-state index in [-0.39, 0.29) is 22.5 Å². The van der Waals surface area contributed by atoms with Crippen LogP contribution >= 0.6 is 0 Å². The molecule has 6 rings (SSSR count). The fourth-order valence-electron chi connectivity index (χ4n) is 4.60. The van der Waals surface area contributed by atoms with Gasteiger partial charge < -0.3 is 18.9 Å². The summed E-state index contributed by atoms with van der Waals surface area (Å²) in [5, 5.41) is 0. The maximum Gasteiger partial charge on any atom is 0.347 e. The summed E-state index contributed by atoms with van der Waals surface area (Å²) in [5.74, 6) is 0.657. The van der Waals surface area contributed by atoms with Gasteiger partial charge in [-0.2, -0.15) is 0 Å². The van der Waals surface area contributed by atoms with Crippen LogP contribution in [-0.4, -0.2) is 17.9 Å². The summed E-state index contributed by atoms with van der Waals surface area (Å²) >= 11 is 0. The SMILES string of the molecule is CC(C)(c1ccc(Oc2ccc3c(c2)C(=O)OC3)cc1)c1ccc(Oc2ccc3c(c2)C(=O)OC3=O)cc1. The Balaban J connectivity index is 1.15. The molecule has 7 nitrogen and oxygen atoms in total. The van der Waals surface area contributed by atoms with E-state index in [0.29, 0.717) is 35.2 Å². The van der Waals surface area contributed by atoms with Crippen LogP contribution in [0.3, 0.4) is 0 Å². The molecule has 38 heavy (non-hydrogen) atoms. The number of carbonyl (C=O) groups excluding carboxylic acids is 3. The quantitative estimate of drug-likeness (QED) is 0.216. The van der Waals surface area contributed by atoms with Gasteiger partial charge in [-0.1, -0.05) is 44.2 Å². The van der Waals surface area contributed by atoms with Crippen molar-refractivity contribution >= 4 is 17.9 Å². The topological polar surface area (TPSA) is 88.1 Å². The van der Waals surface area contributed by atoms with E-state index in [2.05, 4.69) is 18.6 Å².